The van der Waals surface area contributed by atoms with Gasteiger partial charge in [0, 0.05) is 23.2 Å². The van der Waals surface area contributed by atoms with Crippen molar-refractivity contribution in [3.05, 3.63) is 28.2 Å². The topological polar surface area (TPSA) is 41.6 Å². The van der Waals surface area contributed by atoms with Crippen LogP contribution >= 0.6 is 15.9 Å². The Kier molecular flexibility index (Phi) is 4.74. The summed E-state index contributed by atoms with van der Waals surface area (Å²) in [5.41, 5.74) is 1.95. The van der Waals surface area contributed by atoms with E-state index >= 15 is 0 Å². The number of hydrogen-bond acceptors (Lipinski definition) is 3. The van der Waals surface area contributed by atoms with Crippen molar-refractivity contribution in [3.63, 3.8) is 0 Å². The van der Waals surface area contributed by atoms with E-state index < -0.39 is 0 Å². The van der Waals surface area contributed by atoms with Gasteiger partial charge in [0.1, 0.15) is 0 Å². The molecule has 1 saturated heterocycles. The number of benzene rings is 1. The third-order valence-electron chi connectivity index (χ3n) is 2.91. The lowest BCUT2D eigenvalue weighted by Gasteiger charge is -2.25. The maximum atomic E-state index is 11.9. The summed E-state index contributed by atoms with van der Waals surface area (Å²) in [4.78, 5) is 14.0. The van der Waals surface area contributed by atoms with E-state index in [1.54, 1.807) is 0 Å². The van der Waals surface area contributed by atoms with E-state index in [1.807, 2.05) is 25.1 Å². The minimum absolute atomic E-state index is 0.0265. The Bertz CT molecular complexity index is 431. The van der Waals surface area contributed by atoms with E-state index in [0.29, 0.717) is 19.8 Å². The van der Waals surface area contributed by atoms with Crippen LogP contribution in [0.3, 0.4) is 0 Å². The maximum Gasteiger partial charge on any atom is 0.238 e. The second kappa shape index (κ2) is 6.31. The fourth-order valence-electron chi connectivity index (χ4n) is 1.89. The minimum Gasteiger partial charge on any atom is -0.379 e. The highest BCUT2D eigenvalue weighted by Crippen LogP contribution is 2.19. The Balaban J connectivity index is 1.88. The third-order valence-corrected chi connectivity index (χ3v) is 3.80. The first-order valence-electron chi connectivity index (χ1n) is 6.01. The van der Waals surface area contributed by atoms with Crippen molar-refractivity contribution in [2.75, 3.05) is 38.2 Å². The number of halogens is 1. The largest absolute Gasteiger partial charge is 0.379 e. The smallest absolute Gasteiger partial charge is 0.238 e. The lowest BCUT2D eigenvalue weighted by molar-refractivity contribution is -0.118. The third kappa shape index (κ3) is 3.80. The Hall–Kier alpha value is -0.910. The molecule has 1 fully saturated rings. The van der Waals surface area contributed by atoms with Gasteiger partial charge in [0.2, 0.25) is 5.91 Å². The van der Waals surface area contributed by atoms with Gasteiger partial charge in [-0.05, 0) is 30.7 Å². The van der Waals surface area contributed by atoms with Crippen LogP contribution in [0.1, 0.15) is 5.56 Å². The quantitative estimate of drug-likeness (QED) is 0.928. The van der Waals surface area contributed by atoms with Gasteiger partial charge in [-0.3, -0.25) is 9.69 Å². The molecule has 18 heavy (non-hydrogen) atoms. The predicted octanol–water partition coefficient (Wildman–Crippen LogP) is 2.03. The van der Waals surface area contributed by atoms with Crippen LogP contribution in [-0.4, -0.2) is 43.7 Å². The number of carbonyl (C=O) groups excluding carboxylic acids is 1. The van der Waals surface area contributed by atoms with Crippen LogP contribution in [0.4, 0.5) is 5.69 Å². The number of carbonyl (C=O) groups is 1. The summed E-state index contributed by atoms with van der Waals surface area (Å²) in [7, 11) is 0. The van der Waals surface area contributed by atoms with Gasteiger partial charge in [-0.25, -0.2) is 0 Å². The summed E-state index contributed by atoms with van der Waals surface area (Å²) >= 11 is 3.44. The number of nitrogens with one attached hydrogen (secondary N) is 1. The molecule has 0 radical (unpaired) electrons. The maximum absolute atomic E-state index is 11.9. The number of aryl methyl sites for hydroxylation is 1. The van der Waals surface area contributed by atoms with Crippen LogP contribution in [0.15, 0.2) is 22.7 Å². The molecule has 0 aromatic heterocycles. The van der Waals surface area contributed by atoms with Gasteiger partial charge in [0.15, 0.2) is 0 Å². The Morgan fingerprint density at radius 1 is 1.44 bits per heavy atom. The average molecular weight is 313 g/mol. The first-order chi connectivity index (χ1) is 8.65. The molecule has 1 aliphatic heterocycles. The van der Waals surface area contributed by atoms with Crippen molar-refractivity contribution in [2.24, 2.45) is 0 Å². The second-order valence-corrected chi connectivity index (χ2v) is 5.25. The van der Waals surface area contributed by atoms with Crippen LogP contribution in [0.25, 0.3) is 0 Å². The van der Waals surface area contributed by atoms with E-state index in [-0.39, 0.29) is 5.91 Å². The molecule has 1 aromatic rings. The van der Waals surface area contributed by atoms with Crippen molar-refractivity contribution in [2.45, 2.75) is 6.92 Å². The van der Waals surface area contributed by atoms with E-state index in [0.717, 1.165) is 28.8 Å². The summed E-state index contributed by atoms with van der Waals surface area (Å²) in [5.74, 6) is 0.0265. The molecule has 1 amide bonds. The van der Waals surface area contributed by atoms with Gasteiger partial charge in [0.05, 0.1) is 19.8 Å². The van der Waals surface area contributed by atoms with Crippen molar-refractivity contribution >= 4 is 27.5 Å². The van der Waals surface area contributed by atoms with Gasteiger partial charge in [-0.2, -0.15) is 0 Å². The summed E-state index contributed by atoms with van der Waals surface area (Å²) in [5, 5.41) is 2.92. The molecule has 0 atom stereocenters. The highest BCUT2D eigenvalue weighted by molar-refractivity contribution is 9.10. The summed E-state index contributed by atoms with van der Waals surface area (Å²) in [6.45, 7) is 5.51. The van der Waals surface area contributed by atoms with Crippen molar-refractivity contribution < 1.29 is 9.53 Å². The van der Waals surface area contributed by atoms with Gasteiger partial charge in [-0.15, -0.1) is 0 Å². The summed E-state index contributed by atoms with van der Waals surface area (Å²) in [6, 6.07) is 5.80. The number of anilines is 1. The SMILES string of the molecule is Cc1cc(NC(=O)CN2CCOCC2)ccc1Br. The normalized spacial score (nSPS) is 16.6. The molecule has 0 saturated carbocycles. The van der Waals surface area contributed by atoms with E-state index in [9.17, 15) is 4.79 Å². The van der Waals surface area contributed by atoms with E-state index in [1.165, 1.54) is 0 Å². The zero-order valence-corrected chi connectivity index (χ0v) is 12.0. The fraction of sp³-hybridized carbons (Fsp3) is 0.462. The van der Waals surface area contributed by atoms with Crippen LogP contribution in [0.5, 0.6) is 0 Å². The molecule has 1 heterocycles. The standard InChI is InChI=1S/C13H17BrN2O2/c1-10-8-11(2-3-12(10)14)15-13(17)9-16-4-6-18-7-5-16/h2-3,8H,4-7,9H2,1H3,(H,15,17). The zero-order chi connectivity index (χ0) is 13.0. The molecule has 5 heteroatoms. The Morgan fingerprint density at radius 3 is 2.83 bits per heavy atom. The summed E-state index contributed by atoms with van der Waals surface area (Å²) in [6.07, 6.45) is 0. The molecule has 98 valence electrons. The molecule has 0 bridgehead atoms. The highest BCUT2D eigenvalue weighted by Gasteiger charge is 2.14. The number of hydrogen-bond donors (Lipinski definition) is 1. The monoisotopic (exact) mass is 312 g/mol. The summed E-state index contributed by atoms with van der Waals surface area (Å²) < 4.78 is 6.30. The molecule has 1 N–H and O–H groups in total. The number of ether oxygens (including phenoxy) is 1. The molecule has 0 spiro atoms. The average Bonchev–Trinajstić information content (AvgIpc) is 2.35. The number of rotatable bonds is 3. The molecular weight excluding hydrogens is 296 g/mol. The molecule has 2 rings (SSSR count). The van der Waals surface area contributed by atoms with Gasteiger partial charge < -0.3 is 10.1 Å². The fourth-order valence-corrected chi connectivity index (χ4v) is 2.13. The van der Waals surface area contributed by atoms with Gasteiger partial charge in [0.25, 0.3) is 0 Å². The van der Waals surface area contributed by atoms with Gasteiger partial charge in [-0.1, -0.05) is 15.9 Å². The highest BCUT2D eigenvalue weighted by atomic mass is 79.9. The van der Waals surface area contributed by atoms with Crippen molar-refractivity contribution in [3.8, 4) is 0 Å². The number of amides is 1. The molecule has 4 nitrogen and oxygen atoms in total. The zero-order valence-electron chi connectivity index (χ0n) is 10.4. The minimum atomic E-state index is 0.0265. The van der Waals surface area contributed by atoms with Crippen LogP contribution < -0.4 is 5.32 Å². The predicted molar refractivity (Wildman–Crippen MR) is 74.8 cm³/mol. The van der Waals surface area contributed by atoms with Crippen molar-refractivity contribution in [1.82, 2.24) is 4.90 Å². The van der Waals surface area contributed by atoms with Crippen molar-refractivity contribution in [1.29, 1.82) is 0 Å². The Labute approximate surface area is 115 Å². The molecule has 1 aliphatic rings. The van der Waals surface area contributed by atoms with Crippen LogP contribution in [0, 0.1) is 6.92 Å². The lowest BCUT2D eigenvalue weighted by atomic mass is 10.2. The van der Waals surface area contributed by atoms with E-state index in [4.69, 9.17) is 4.74 Å². The molecule has 0 unspecified atom stereocenters. The first-order valence-corrected chi connectivity index (χ1v) is 6.80. The Morgan fingerprint density at radius 2 is 2.17 bits per heavy atom. The van der Waals surface area contributed by atoms with Gasteiger partial charge >= 0.3 is 0 Å². The van der Waals surface area contributed by atoms with E-state index in [2.05, 4.69) is 26.1 Å². The second-order valence-electron chi connectivity index (χ2n) is 4.40. The molecule has 0 aliphatic carbocycles. The lowest BCUT2D eigenvalue weighted by Crippen LogP contribution is -2.41. The number of nitrogens with zero attached hydrogens (tertiary/aromatic N) is 1. The number of morpholine rings is 1. The molecular formula is C13H17BrN2O2. The first kappa shape index (κ1) is 13.5. The van der Waals surface area contributed by atoms with Crippen LogP contribution in [-0.2, 0) is 9.53 Å². The molecule has 1 aromatic carbocycles. The van der Waals surface area contributed by atoms with Crippen LogP contribution in [0.2, 0.25) is 0 Å².